The Bertz CT molecular complexity index is 433. The molecule has 0 N–H and O–H groups in total. The molecule has 0 atom stereocenters. The van der Waals surface area contributed by atoms with Crippen molar-refractivity contribution in [2.75, 3.05) is 0 Å². The fraction of sp³-hybridized carbons (Fsp3) is 0.500. The van der Waals surface area contributed by atoms with Gasteiger partial charge in [-0.25, -0.2) is 0 Å². The summed E-state index contributed by atoms with van der Waals surface area (Å²) in [6, 6.07) is 5.75. The van der Waals surface area contributed by atoms with Crippen LogP contribution in [0.2, 0.25) is 0 Å². The Morgan fingerprint density at radius 2 is 1.63 bits per heavy atom. The summed E-state index contributed by atoms with van der Waals surface area (Å²) in [5, 5.41) is 0. The minimum Gasteiger partial charge on any atom is -0.294 e. The predicted molar refractivity (Wildman–Crippen MR) is 69.3 cm³/mol. The largest absolute Gasteiger partial charge is 0.446 e. The first kappa shape index (κ1) is 14.4. The molecule has 0 bridgehead atoms. The highest BCUT2D eigenvalue weighted by Gasteiger charge is 2.29. The third-order valence-corrected chi connectivity index (χ3v) is 4.09. The van der Waals surface area contributed by atoms with E-state index >= 15 is 0 Å². The standard InChI is InChI=1S/C14H15F3OS/c15-14(16,17)19-12-8-6-11(7-9-12)13(18)10-4-2-1-3-5-10/h6-10H,1-5H2. The summed E-state index contributed by atoms with van der Waals surface area (Å²) in [5.41, 5.74) is -3.76. The van der Waals surface area contributed by atoms with Crippen LogP contribution in [0.15, 0.2) is 29.2 Å². The molecule has 1 aliphatic carbocycles. The fourth-order valence-electron chi connectivity index (χ4n) is 2.42. The molecule has 1 aromatic carbocycles. The number of ketones is 1. The number of carbonyl (C=O) groups is 1. The van der Waals surface area contributed by atoms with Gasteiger partial charge in [0.2, 0.25) is 0 Å². The molecule has 1 nitrogen and oxygen atoms in total. The number of Topliss-reactive ketones (excluding diaryl/α,β-unsaturated/α-hetero) is 1. The first-order chi connectivity index (χ1) is 8.96. The van der Waals surface area contributed by atoms with Crippen molar-refractivity contribution >= 4 is 17.5 Å². The Labute approximate surface area is 114 Å². The molecule has 1 aromatic rings. The summed E-state index contributed by atoms with van der Waals surface area (Å²) in [7, 11) is 0. The normalized spacial score (nSPS) is 17.4. The highest BCUT2D eigenvalue weighted by Crippen LogP contribution is 2.37. The van der Waals surface area contributed by atoms with Crippen LogP contribution >= 0.6 is 11.8 Å². The Balaban J connectivity index is 2.03. The monoisotopic (exact) mass is 288 g/mol. The first-order valence-electron chi connectivity index (χ1n) is 6.36. The molecule has 1 saturated carbocycles. The molecule has 0 aromatic heterocycles. The first-order valence-corrected chi connectivity index (χ1v) is 7.17. The van der Waals surface area contributed by atoms with Gasteiger partial charge in [0.1, 0.15) is 0 Å². The molecule has 1 aliphatic rings. The zero-order valence-electron chi connectivity index (χ0n) is 10.4. The molecule has 19 heavy (non-hydrogen) atoms. The summed E-state index contributed by atoms with van der Waals surface area (Å²) in [6.45, 7) is 0. The zero-order valence-corrected chi connectivity index (χ0v) is 11.2. The van der Waals surface area contributed by atoms with Crippen LogP contribution in [0, 0.1) is 5.92 Å². The van der Waals surface area contributed by atoms with Crippen molar-refractivity contribution in [1.82, 2.24) is 0 Å². The van der Waals surface area contributed by atoms with Crippen LogP contribution in [0.1, 0.15) is 42.5 Å². The molecule has 0 saturated heterocycles. The predicted octanol–water partition coefficient (Wildman–Crippen LogP) is 5.06. The lowest BCUT2D eigenvalue weighted by molar-refractivity contribution is -0.0328. The van der Waals surface area contributed by atoms with E-state index in [1.807, 2.05) is 0 Å². The van der Waals surface area contributed by atoms with Gasteiger partial charge < -0.3 is 0 Å². The SMILES string of the molecule is O=C(c1ccc(SC(F)(F)F)cc1)C1CCCCC1. The van der Waals surface area contributed by atoms with Crippen molar-refractivity contribution in [2.24, 2.45) is 5.92 Å². The average molecular weight is 288 g/mol. The highest BCUT2D eigenvalue weighted by molar-refractivity contribution is 8.00. The van der Waals surface area contributed by atoms with Gasteiger partial charge in [-0.05, 0) is 36.7 Å². The molecule has 2 rings (SSSR count). The van der Waals surface area contributed by atoms with Crippen LogP contribution in [0.3, 0.4) is 0 Å². The molecule has 0 radical (unpaired) electrons. The number of thioether (sulfide) groups is 1. The van der Waals surface area contributed by atoms with E-state index in [0.717, 1.165) is 25.7 Å². The minimum atomic E-state index is -4.28. The van der Waals surface area contributed by atoms with Crippen molar-refractivity contribution in [3.63, 3.8) is 0 Å². The number of hydrogen-bond acceptors (Lipinski definition) is 2. The quantitative estimate of drug-likeness (QED) is 0.571. The molecule has 1 fully saturated rings. The molecule has 104 valence electrons. The zero-order chi connectivity index (χ0) is 13.9. The molecule has 0 aliphatic heterocycles. The second-order valence-corrected chi connectivity index (χ2v) is 5.91. The Hall–Kier alpha value is -0.970. The summed E-state index contributed by atoms with van der Waals surface area (Å²) in [5.74, 6) is 0.123. The molecule has 0 amide bonds. The van der Waals surface area contributed by atoms with E-state index in [1.54, 1.807) is 0 Å². The lowest BCUT2D eigenvalue weighted by atomic mass is 9.84. The smallest absolute Gasteiger partial charge is 0.294 e. The van der Waals surface area contributed by atoms with Gasteiger partial charge in [-0.1, -0.05) is 31.4 Å². The van der Waals surface area contributed by atoms with Crippen LogP contribution in [-0.2, 0) is 0 Å². The maximum Gasteiger partial charge on any atom is 0.446 e. The molecule has 0 spiro atoms. The van der Waals surface area contributed by atoms with Gasteiger partial charge in [-0.3, -0.25) is 4.79 Å². The summed E-state index contributed by atoms with van der Waals surface area (Å²) in [6.07, 6.45) is 5.11. The number of alkyl halides is 3. The summed E-state index contributed by atoms with van der Waals surface area (Å²) in [4.78, 5) is 12.3. The maximum atomic E-state index is 12.2. The maximum absolute atomic E-state index is 12.2. The lowest BCUT2D eigenvalue weighted by Crippen LogP contribution is -2.17. The Morgan fingerprint density at radius 3 is 2.16 bits per heavy atom. The van der Waals surface area contributed by atoms with Crippen LogP contribution in [0.4, 0.5) is 13.2 Å². The van der Waals surface area contributed by atoms with Crippen LogP contribution in [0.5, 0.6) is 0 Å². The van der Waals surface area contributed by atoms with Crippen molar-refractivity contribution in [2.45, 2.75) is 42.5 Å². The number of hydrogen-bond donors (Lipinski definition) is 0. The number of halogens is 3. The van der Waals surface area contributed by atoms with Gasteiger partial charge >= 0.3 is 5.51 Å². The fourth-order valence-corrected chi connectivity index (χ4v) is 2.96. The number of benzene rings is 1. The van der Waals surface area contributed by atoms with Gasteiger partial charge in [0, 0.05) is 16.4 Å². The topological polar surface area (TPSA) is 17.1 Å². The molecular weight excluding hydrogens is 273 g/mol. The second kappa shape index (κ2) is 5.99. The lowest BCUT2D eigenvalue weighted by Gasteiger charge is -2.20. The van der Waals surface area contributed by atoms with E-state index in [-0.39, 0.29) is 28.4 Å². The van der Waals surface area contributed by atoms with Gasteiger partial charge in [0.05, 0.1) is 0 Å². The van der Waals surface area contributed by atoms with E-state index in [2.05, 4.69) is 0 Å². The minimum absolute atomic E-state index is 0.0508. The van der Waals surface area contributed by atoms with Crippen LogP contribution < -0.4 is 0 Å². The summed E-state index contributed by atoms with van der Waals surface area (Å²) >= 11 is -0.155. The second-order valence-electron chi connectivity index (χ2n) is 4.77. The Kier molecular flexibility index (Phi) is 4.55. The van der Waals surface area contributed by atoms with Crippen LogP contribution in [-0.4, -0.2) is 11.3 Å². The van der Waals surface area contributed by atoms with Crippen molar-refractivity contribution in [3.8, 4) is 0 Å². The van der Waals surface area contributed by atoms with Gasteiger partial charge in [0.25, 0.3) is 0 Å². The Morgan fingerprint density at radius 1 is 1.05 bits per heavy atom. The molecule has 0 unspecified atom stereocenters. The van der Waals surface area contributed by atoms with Crippen LogP contribution in [0.25, 0.3) is 0 Å². The summed E-state index contributed by atoms with van der Waals surface area (Å²) < 4.78 is 36.6. The van der Waals surface area contributed by atoms with E-state index in [1.165, 1.54) is 30.7 Å². The number of rotatable bonds is 3. The van der Waals surface area contributed by atoms with Crippen molar-refractivity contribution in [1.29, 1.82) is 0 Å². The van der Waals surface area contributed by atoms with Crippen molar-refractivity contribution < 1.29 is 18.0 Å². The number of carbonyl (C=O) groups excluding carboxylic acids is 1. The van der Waals surface area contributed by atoms with Gasteiger partial charge in [-0.15, -0.1) is 0 Å². The van der Waals surface area contributed by atoms with E-state index in [4.69, 9.17) is 0 Å². The average Bonchev–Trinajstić information content (AvgIpc) is 2.38. The highest BCUT2D eigenvalue weighted by atomic mass is 32.2. The van der Waals surface area contributed by atoms with Gasteiger partial charge in [-0.2, -0.15) is 13.2 Å². The third-order valence-electron chi connectivity index (χ3n) is 3.35. The van der Waals surface area contributed by atoms with E-state index in [9.17, 15) is 18.0 Å². The van der Waals surface area contributed by atoms with Gasteiger partial charge in [0.15, 0.2) is 5.78 Å². The van der Waals surface area contributed by atoms with Crippen molar-refractivity contribution in [3.05, 3.63) is 29.8 Å². The third kappa shape index (κ3) is 4.27. The van der Waals surface area contributed by atoms with E-state index < -0.39 is 5.51 Å². The van der Waals surface area contributed by atoms with E-state index in [0.29, 0.717) is 5.56 Å². The molecule has 0 heterocycles. The molecule has 5 heteroatoms. The molecular formula is C14H15F3OS.